The summed E-state index contributed by atoms with van der Waals surface area (Å²) in [4.78, 5) is 56.8. The molecule has 12 nitrogen and oxygen atoms in total. The number of pyridine rings is 2. The maximum Gasteiger partial charge on any atom is 0.412 e. The molecule has 2 aromatic heterocycles. The maximum atomic E-state index is 15.2. The van der Waals surface area contributed by atoms with Gasteiger partial charge in [0.1, 0.15) is 18.0 Å². The highest BCUT2D eigenvalue weighted by molar-refractivity contribution is 5.94. The number of aryl methyl sites for hydroxylation is 1. The summed E-state index contributed by atoms with van der Waals surface area (Å²) in [5.41, 5.74) is 2.78. The van der Waals surface area contributed by atoms with Gasteiger partial charge < -0.3 is 29.8 Å². The number of nitrogens with zero attached hydrogens (tertiary/aromatic N) is 2. The minimum atomic E-state index is -1.98. The lowest BCUT2D eigenvalue weighted by atomic mass is 9.81. The zero-order valence-corrected chi connectivity index (χ0v) is 28.5. The first-order valence-corrected chi connectivity index (χ1v) is 16.6. The summed E-state index contributed by atoms with van der Waals surface area (Å²) in [5.74, 6) is -1.21. The number of amides is 3. The molecule has 50 heavy (non-hydrogen) atoms. The zero-order valence-electron chi connectivity index (χ0n) is 28.5. The highest BCUT2D eigenvalue weighted by Gasteiger charge is 2.46. The predicted molar refractivity (Wildman–Crippen MR) is 182 cm³/mol. The number of rotatable bonds is 5. The fourth-order valence-corrected chi connectivity index (χ4v) is 7.22. The van der Waals surface area contributed by atoms with E-state index in [1.807, 2.05) is 0 Å². The van der Waals surface area contributed by atoms with Crippen molar-refractivity contribution < 1.29 is 33.4 Å². The van der Waals surface area contributed by atoms with Crippen LogP contribution in [0.25, 0.3) is 22.3 Å². The second kappa shape index (κ2) is 11.9. The number of anilines is 1. The predicted octanol–water partition coefficient (Wildman–Crippen LogP) is 5.36. The number of benzene rings is 2. The van der Waals surface area contributed by atoms with E-state index < -0.39 is 46.7 Å². The van der Waals surface area contributed by atoms with Crippen molar-refractivity contribution in [3.05, 3.63) is 91.5 Å². The average Bonchev–Trinajstić information content (AvgIpc) is 3.43. The van der Waals surface area contributed by atoms with Crippen LogP contribution in [0.4, 0.5) is 19.7 Å². The number of urea groups is 1. The van der Waals surface area contributed by atoms with Crippen LogP contribution < -0.4 is 21.5 Å². The number of ether oxygens (including phenoxy) is 2. The highest BCUT2D eigenvalue weighted by atomic mass is 19.1. The molecule has 0 bridgehead atoms. The third-order valence-electron chi connectivity index (χ3n) is 9.74. The molecule has 0 unspecified atom stereocenters. The average molecular weight is 684 g/mol. The Hall–Kier alpha value is -5.30. The number of aliphatic hydroxyl groups is 1. The van der Waals surface area contributed by atoms with E-state index in [1.165, 1.54) is 10.6 Å². The lowest BCUT2D eigenvalue weighted by molar-refractivity contribution is -0.172. The van der Waals surface area contributed by atoms with E-state index in [-0.39, 0.29) is 37.2 Å². The molecule has 0 saturated carbocycles. The summed E-state index contributed by atoms with van der Waals surface area (Å²) in [6.45, 7) is 8.81. The van der Waals surface area contributed by atoms with Gasteiger partial charge in [-0.1, -0.05) is 19.1 Å². The molecule has 7 rings (SSSR count). The summed E-state index contributed by atoms with van der Waals surface area (Å²) in [6.07, 6.45) is 0.439. The second-order valence-electron chi connectivity index (χ2n) is 14.1. The number of carbonyl (C=O) groups is 3. The Kier molecular flexibility index (Phi) is 7.93. The summed E-state index contributed by atoms with van der Waals surface area (Å²) < 4.78 is 27.2. The molecule has 2 atom stereocenters. The molecular weight excluding hydrogens is 645 g/mol. The van der Waals surface area contributed by atoms with Crippen molar-refractivity contribution in [2.24, 2.45) is 0 Å². The number of hydrogen-bond donors (Lipinski definition) is 4. The lowest BCUT2D eigenvalue weighted by Crippen LogP contribution is -2.44. The van der Waals surface area contributed by atoms with Crippen molar-refractivity contribution in [3.63, 3.8) is 0 Å². The molecule has 4 N–H and O–H groups in total. The first kappa shape index (κ1) is 33.2. The van der Waals surface area contributed by atoms with E-state index in [2.05, 4.69) is 16.0 Å². The fraction of sp³-hybridized carbons (Fsp3) is 0.378. The van der Waals surface area contributed by atoms with Crippen LogP contribution in [0.3, 0.4) is 0 Å². The number of halogens is 1. The molecule has 0 radical (unpaired) electrons. The maximum absolute atomic E-state index is 15.2. The van der Waals surface area contributed by atoms with Crippen molar-refractivity contribution in [2.45, 2.75) is 90.8 Å². The molecule has 13 heteroatoms. The number of hydrogen-bond acceptors (Lipinski definition) is 8. The zero-order chi connectivity index (χ0) is 35.7. The Balaban J connectivity index is 1.19. The molecule has 3 aliphatic rings. The van der Waals surface area contributed by atoms with Crippen molar-refractivity contribution in [3.8, 4) is 11.4 Å². The smallest absolute Gasteiger partial charge is 0.412 e. The topological polar surface area (TPSA) is 161 Å². The number of carbonyl (C=O) groups excluding carboxylic acids is 3. The number of fused-ring (bicyclic) bond motifs is 5. The van der Waals surface area contributed by atoms with Gasteiger partial charge in [0.2, 0.25) is 0 Å². The molecule has 4 heterocycles. The monoisotopic (exact) mass is 683 g/mol. The first-order valence-electron chi connectivity index (χ1n) is 16.6. The van der Waals surface area contributed by atoms with Crippen molar-refractivity contribution in [2.75, 3.05) is 5.32 Å². The molecule has 260 valence electrons. The van der Waals surface area contributed by atoms with E-state index in [1.54, 1.807) is 65.0 Å². The Morgan fingerprint density at radius 2 is 1.88 bits per heavy atom. The Morgan fingerprint density at radius 3 is 2.58 bits per heavy atom. The van der Waals surface area contributed by atoms with E-state index in [0.717, 1.165) is 27.6 Å². The van der Waals surface area contributed by atoms with Crippen LogP contribution in [-0.2, 0) is 46.0 Å². The first-order chi connectivity index (χ1) is 23.7. The molecule has 2 aliphatic heterocycles. The van der Waals surface area contributed by atoms with Gasteiger partial charge >= 0.3 is 18.1 Å². The minimum absolute atomic E-state index is 0.00700. The Labute approximate surface area is 287 Å². The van der Waals surface area contributed by atoms with Crippen molar-refractivity contribution in [1.82, 2.24) is 20.2 Å². The summed E-state index contributed by atoms with van der Waals surface area (Å²) >= 11 is 0. The Bertz CT molecular complexity index is 2170. The molecular formula is C37H38FN5O7. The number of esters is 1. The molecule has 3 amide bonds. The fourth-order valence-electron chi connectivity index (χ4n) is 7.22. The molecule has 2 aromatic carbocycles. The van der Waals surface area contributed by atoms with Crippen LogP contribution in [-0.4, -0.2) is 38.4 Å². The van der Waals surface area contributed by atoms with Gasteiger partial charge in [0, 0.05) is 34.8 Å². The molecule has 0 spiro atoms. The standard InChI is InChI=1S/C37H38FN5O7/c1-6-37(48)24-13-28-31-22(16-43(28)32(44)23(24)17-49-33(37)45)30-26(12-11-21-18(2)25(38)14-27(41-31)29(21)30)42-34(46)39-15-19-7-9-20(10-8-19)40-35(47)50-36(3,4)5/h7-10,13-14,26,48H,6,11-12,15-17H2,1-5H3,(H,40,47)(H2,39,42,46)/t26-,37-/m0/s1. The van der Waals surface area contributed by atoms with Gasteiger partial charge in [0.05, 0.1) is 35.1 Å². The second-order valence-corrected chi connectivity index (χ2v) is 14.1. The third kappa shape index (κ3) is 5.55. The van der Waals surface area contributed by atoms with Crippen molar-refractivity contribution in [1.29, 1.82) is 0 Å². The van der Waals surface area contributed by atoms with Crippen LogP contribution >= 0.6 is 0 Å². The van der Waals surface area contributed by atoms with Crippen LogP contribution in [0.1, 0.15) is 85.5 Å². The van der Waals surface area contributed by atoms with E-state index in [0.29, 0.717) is 41.0 Å². The number of cyclic esters (lactones) is 1. The van der Waals surface area contributed by atoms with Gasteiger partial charge in [-0.3, -0.25) is 10.1 Å². The van der Waals surface area contributed by atoms with Gasteiger partial charge in [0.15, 0.2) is 5.60 Å². The minimum Gasteiger partial charge on any atom is -0.458 e. The molecule has 0 fully saturated rings. The van der Waals surface area contributed by atoms with Gasteiger partial charge in [0.25, 0.3) is 5.56 Å². The van der Waals surface area contributed by atoms with Crippen LogP contribution in [0.15, 0.2) is 41.2 Å². The lowest BCUT2D eigenvalue weighted by Gasteiger charge is -2.31. The normalized spacial score (nSPS) is 18.9. The third-order valence-corrected chi connectivity index (χ3v) is 9.74. The Morgan fingerprint density at radius 1 is 1.14 bits per heavy atom. The summed E-state index contributed by atoms with van der Waals surface area (Å²) in [6, 6.07) is 9.10. The molecule has 0 saturated heterocycles. The largest absolute Gasteiger partial charge is 0.458 e. The van der Waals surface area contributed by atoms with E-state index >= 15 is 4.39 Å². The van der Waals surface area contributed by atoms with Crippen LogP contribution in [0.2, 0.25) is 0 Å². The van der Waals surface area contributed by atoms with Crippen LogP contribution in [0.5, 0.6) is 0 Å². The van der Waals surface area contributed by atoms with E-state index in [4.69, 9.17) is 14.5 Å². The SMILES string of the molecule is CC[C@@]1(O)C(=O)OCc2c1cc1n(c2=O)Cc2c-1nc1cc(F)c(C)c3c1c2[C@@H](NC(=O)NCc1ccc(NC(=O)OC(C)(C)C)cc1)CC3. The highest BCUT2D eigenvalue weighted by Crippen LogP contribution is 2.46. The molecule has 4 aromatic rings. The van der Waals surface area contributed by atoms with Gasteiger partial charge in [-0.05, 0) is 87.4 Å². The van der Waals surface area contributed by atoms with Gasteiger partial charge in [-0.25, -0.2) is 23.8 Å². The quantitative estimate of drug-likeness (QED) is 0.180. The molecule has 1 aliphatic carbocycles. The van der Waals surface area contributed by atoms with E-state index in [9.17, 15) is 24.3 Å². The number of aromatic nitrogens is 2. The van der Waals surface area contributed by atoms with Gasteiger partial charge in [-0.2, -0.15) is 0 Å². The van der Waals surface area contributed by atoms with Crippen LogP contribution in [0, 0.1) is 12.7 Å². The van der Waals surface area contributed by atoms with Gasteiger partial charge in [-0.15, -0.1) is 0 Å². The summed E-state index contributed by atoms with van der Waals surface area (Å²) in [7, 11) is 0. The van der Waals surface area contributed by atoms with Crippen molar-refractivity contribution >= 4 is 34.7 Å². The number of nitrogens with one attached hydrogen (secondary N) is 3. The summed E-state index contributed by atoms with van der Waals surface area (Å²) in [5, 5.41) is 20.7.